The summed E-state index contributed by atoms with van der Waals surface area (Å²) in [6.45, 7) is 11.9. The maximum absolute atomic E-state index is 3.67. The molecule has 1 N–H and O–H groups in total. The maximum Gasteiger partial charge on any atom is 0.00792 e. The van der Waals surface area contributed by atoms with Crippen LogP contribution in [0.1, 0.15) is 46.5 Å². The van der Waals surface area contributed by atoms with Gasteiger partial charge in [0.1, 0.15) is 0 Å². The fourth-order valence-corrected chi connectivity index (χ4v) is 2.46. The van der Waals surface area contributed by atoms with Crippen molar-refractivity contribution >= 4 is 0 Å². The lowest BCUT2D eigenvalue weighted by atomic mass is 9.91. The lowest BCUT2D eigenvalue weighted by Crippen LogP contribution is -2.44. The monoisotopic (exact) mass is 212 g/mol. The standard InChI is InChI=1S/C13H28N2/c1-4-6-9-14-12(3)13-8-7-10-15(5-2)11-13/h12-14H,4-11H2,1-3H3. The molecule has 1 fully saturated rings. The molecule has 1 rings (SSSR count). The van der Waals surface area contributed by atoms with Crippen molar-refractivity contribution in [3.8, 4) is 0 Å². The van der Waals surface area contributed by atoms with Crippen molar-refractivity contribution in [2.45, 2.75) is 52.5 Å². The van der Waals surface area contributed by atoms with Crippen molar-refractivity contribution in [3.63, 3.8) is 0 Å². The molecule has 0 aromatic carbocycles. The number of nitrogens with one attached hydrogen (secondary N) is 1. The minimum Gasteiger partial charge on any atom is -0.314 e. The zero-order chi connectivity index (χ0) is 11.1. The van der Waals surface area contributed by atoms with Gasteiger partial charge in [-0.2, -0.15) is 0 Å². The van der Waals surface area contributed by atoms with Crippen LogP contribution in [-0.4, -0.2) is 37.1 Å². The Morgan fingerprint density at radius 2 is 2.20 bits per heavy atom. The van der Waals surface area contributed by atoms with Gasteiger partial charge in [-0.25, -0.2) is 0 Å². The summed E-state index contributed by atoms with van der Waals surface area (Å²) in [4.78, 5) is 2.59. The minimum absolute atomic E-state index is 0.700. The van der Waals surface area contributed by atoms with Crippen LogP contribution in [-0.2, 0) is 0 Å². The van der Waals surface area contributed by atoms with Gasteiger partial charge >= 0.3 is 0 Å². The van der Waals surface area contributed by atoms with Crippen molar-refractivity contribution in [1.82, 2.24) is 10.2 Å². The number of nitrogens with zero attached hydrogens (tertiary/aromatic N) is 1. The molecule has 2 atom stereocenters. The van der Waals surface area contributed by atoms with Crippen LogP contribution >= 0.6 is 0 Å². The van der Waals surface area contributed by atoms with Crippen molar-refractivity contribution in [3.05, 3.63) is 0 Å². The molecule has 0 aromatic heterocycles. The summed E-state index contributed by atoms with van der Waals surface area (Å²) in [5, 5.41) is 3.67. The molecule has 0 spiro atoms. The van der Waals surface area contributed by atoms with E-state index in [2.05, 4.69) is 31.0 Å². The molecule has 15 heavy (non-hydrogen) atoms. The van der Waals surface area contributed by atoms with E-state index in [1.165, 1.54) is 51.9 Å². The first kappa shape index (κ1) is 13.0. The van der Waals surface area contributed by atoms with Crippen LogP contribution in [0.3, 0.4) is 0 Å². The van der Waals surface area contributed by atoms with Gasteiger partial charge in [-0.05, 0) is 51.7 Å². The van der Waals surface area contributed by atoms with Crippen molar-refractivity contribution in [2.75, 3.05) is 26.2 Å². The second kappa shape index (κ2) is 7.24. The van der Waals surface area contributed by atoms with Crippen LogP contribution in [0.15, 0.2) is 0 Å². The third kappa shape index (κ3) is 4.52. The maximum atomic E-state index is 3.67. The lowest BCUT2D eigenvalue weighted by Gasteiger charge is -2.35. The molecule has 0 bridgehead atoms. The number of hydrogen-bond donors (Lipinski definition) is 1. The van der Waals surface area contributed by atoms with Crippen LogP contribution < -0.4 is 5.32 Å². The van der Waals surface area contributed by atoms with Gasteiger partial charge < -0.3 is 10.2 Å². The molecule has 0 aromatic rings. The molecule has 1 aliphatic rings. The molecule has 2 unspecified atom stereocenters. The topological polar surface area (TPSA) is 15.3 Å². The van der Waals surface area contributed by atoms with Gasteiger partial charge in [0.25, 0.3) is 0 Å². The quantitative estimate of drug-likeness (QED) is 0.681. The highest BCUT2D eigenvalue weighted by Gasteiger charge is 2.22. The Kier molecular flexibility index (Phi) is 6.26. The number of rotatable bonds is 6. The van der Waals surface area contributed by atoms with E-state index in [4.69, 9.17) is 0 Å². The summed E-state index contributed by atoms with van der Waals surface area (Å²) >= 11 is 0. The van der Waals surface area contributed by atoms with E-state index >= 15 is 0 Å². The summed E-state index contributed by atoms with van der Waals surface area (Å²) in [6, 6.07) is 0.700. The lowest BCUT2D eigenvalue weighted by molar-refractivity contribution is 0.157. The van der Waals surface area contributed by atoms with E-state index in [9.17, 15) is 0 Å². The highest BCUT2D eigenvalue weighted by atomic mass is 15.1. The molecule has 90 valence electrons. The Morgan fingerprint density at radius 3 is 2.87 bits per heavy atom. The van der Waals surface area contributed by atoms with Gasteiger partial charge in [-0.1, -0.05) is 20.3 Å². The molecule has 2 nitrogen and oxygen atoms in total. The Hall–Kier alpha value is -0.0800. The Balaban J connectivity index is 2.22. The number of piperidine rings is 1. The van der Waals surface area contributed by atoms with Crippen LogP contribution in [0.25, 0.3) is 0 Å². The second-order valence-electron chi connectivity index (χ2n) is 4.89. The molecule has 1 aliphatic heterocycles. The predicted octanol–water partition coefficient (Wildman–Crippen LogP) is 2.50. The van der Waals surface area contributed by atoms with E-state index in [1.54, 1.807) is 0 Å². The smallest absolute Gasteiger partial charge is 0.00792 e. The van der Waals surface area contributed by atoms with Crippen LogP contribution in [0, 0.1) is 5.92 Å². The van der Waals surface area contributed by atoms with Gasteiger partial charge in [-0.3, -0.25) is 0 Å². The summed E-state index contributed by atoms with van der Waals surface area (Å²) in [5.41, 5.74) is 0. The van der Waals surface area contributed by atoms with Crippen molar-refractivity contribution in [2.24, 2.45) is 5.92 Å². The molecule has 1 heterocycles. The van der Waals surface area contributed by atoms with Gasteiger partial charge in [0.15, 0.2) is 0 Å². The molecule has 0 aliphatic carbocycles. The average molecular weight is 212 g/mol. The van der Waals surface area contributed by atoms with Crippen LogP contribution in [0.2, 0.25) is 0 Å². The zero-order valence-corrected chi connectivity index (χ0v) is 10.8. The molecule has 0 radical (unpaired) electrons. The first-order valence-electron chi connectivity index (χ1n) is 6.73. The average Bonchev–Trinajstić information content (AvgIpc) is 2.29. The summed E-state index contributed by atoms with van der Waals surface area (Å²) in [6.07, 6.45) is 5.41. The number of hydrogen-bond acceptors (Lipinski definition) is 2. The third-order valence-electron chi connectivity index (χ3n) is 3.69. The normalized spacial score (nSPS) is 25.4. The predicted molar refractivity (Wildman–Crippen MR) is 67.2 cm³/mol. The number of likely N-dealkylation sites (tertiary alicyclic amines) is 1. The fraction of sp³-hybridized carbons (Fsp3) is 1.00. The minimum atomic E-state index is 0.700. The highest BCUT2D eigenvalue weighted by molar-refractivity contribution is 4.79. The van der Waals surface area contributed by atoms with E-state index in [1.807, 2.05) is 0 Å². The molecule has 0 saturated carbocycles. The summed E-state index contributed by atoms with van der Waals surface area (Å²) in [5.74, 6) is 0.871. The molecular formula is C13H28N2. The largest absolute Gasteiger partial charge is 0.314 e. The SMILES string of the molecule is CCCCNC(C)C1CCCN(CC)C1. The Labute approximate surface area is 95.4 Å². The third-order valence-corrected chi connectivity index (χ3v) is 3.69. The van der Waals surface area contributed by atoms with Gasteiger partial charge in [0.2, 0.25) is 0 Å². The van der Waals surface area contributed by atoms with Crippen LogP contribution in [0.4, 0.5) is 0 Å². The summed E-state index contributed by atoms with van der Waals surface area (Å²) < 4.78 is 0. The zero-order valence-electron chi connectivity index (χ0n) is 10.8. The van der Waals surface area contributed by atoms with E-state index < -0.39 is 0 Å². The molecule has 1 saturated heterocycles. The summed E-state index contributed by atoms with van der Waals surface area (Å²) in [7, 11) is 0. The number of unbranched alkanes of at least 4 members (excludes halogenated alkanes) is 1. The first-order valence-corrected chi connectivity index (χ1v) is 6.73. The Bertz CT molecular complexity index is 159. The fourth-order valence-electron chi connectivity index (χ4n) is 2.46. The van der Waals surface area contributed by atoms with Crippen LogP contribution in [0.5, 0.6) is 0 Å². The molecule has 2 heteroatoms. The van der Waals surface area contributed by atoms with E-state index in [0.29, 0.717) is 6.04 Å². The highest BCUT2D eigenvalue weighted by Crippen LogP contribution is 2.19. The Morgan fingerprint density at radius 1 is 1.40 bits per heavy atom. The van der Waals surface area contributed by atoms with E-state index in [0.717, 1.165) is 5.92 Å². The molecule has 0 amide bonds. The van der Waals surface area contributed by atoms with Crippen molar-refractivity contribution in [1.29, 1.82) is 0 Å². The van der Waals surface area contributed by atoms with Gasteiger partial charge in [0.05, 0.1) is 0 Å². The van der Waals surface area contributed by atoms with Gasteiger partial charge in [-0.15, -0.1) is 0 Å². The van der Waals surface area contributed by atoms with E-state index in [-0.39, 0.29) is 0 Å². The van der Waals surface area contributed by atoms with Crippen molar-refractivity contribution < 1.29 is 0 Å². The molecular weight excluding hydrogens is 184 g/mol. The van der Waals surface area contributed by atoms with Gasteiger partial charge in [0, 0.05) is 12.6 Å². The second-order valence-corrected chi connectivity index (χ2v) is 4.89. The first-order chi connectivity index (χ1) is 7.27.